The molecule has 0 bridgehead atoms. The SMILES string of the molecule is C[C@H](c1ccccc1)S(=O)(=O)[O-].[Na+]. The summed E-state index contributed by atoms with van der Waals surface area (Å²) in [6.07, 6.45) is 0. The minimum Gasteiger partial charge on any atom is -0.747 e. The summed E-state index contributed by atoms with van der Waals surface area (Å²) in [7, 11) is -4.21. The van der Waals surface area contributed by atoms with Gasteiger partial charge in [0.15, 0.2) is 0 Å². The Bertz CT molecular complexity index is 347. The minimum atomic E-state index is -4.21. The van der Waals surface area contributed by atoms with Gasteiger partial charge >= 0.3 is 29.6 Å². The molecule has 0 spiro atoms. The molecule has 13 heavy (non-hydrogen) atoms. The molecule has 0 saturated carbocycles. The molecule has 0 aliphatic heterocycles. The van der Waals surface area contributed by atoms with E-state index in [0.717, 1.165) is 0 Å². The van der Waals surface area contributed by atoms with Crippen molar-refractivity contribution in [1.29, 1.82) is 0 Å². The summed E-state index contributed by atoms with van der Waals surface area (Å²) >= 11 is 0. The predicted octanol–water partition coefficient (Wildman–Crippen LogP) is -1.70. The topological polar surface area (TPSA) is 57.2 Å². The third-order valence-corrected chi connectivity index (χ3v) is 2.84. The first kappa shape index (κ1) is 13.1. The van der Waals surface area contributed by atoms with Gasteiger partial charge in [-0.2, -0.15) is 0 Å². The number of benzene rings is 1. The van der Waals surface area contributed by atoms with E-state index in [4.69, 9.17) is 0 Å². The van der Waals surface area contributed by atoms with Gasteiger partial charge in [-0.15, -0.1) is 0 Å². The summed E-state index contributed by atoms with van der Waals surface area (Å²) in [4.78, 5) is 0. The van der Waals surface area contributed by atoms with Crippen LogP contribution in [0.4, 0.5) is 0 Å². The van der Waals surface area contributed by atoms with Crippen LogP contribution < -0.4 is 29.6 Å². The molecule has 0 aliphatic carbocycles. The predicted molar refractivity (Wildman–Crippen MR) is 44.6 cm³/mol. The van der Waals surface area contributed by atoms with Gasteiger partial charge in [0.2, 0.25) is 0 Å². The summed E-state index contributed by atoms with van der Waals surface area (Å²) < 4.78 is 31.7. The van der Waals surface area contributed by atoms with Gasteiger partial charge in [-0.25, -0.2) is 8.42 Å². The molecule has 1 atom stereocenters. The summed E-state index contributed by atoms with van der Waals surface area (Å²) in [6.45, 7) is 1.39. The van der Waals surface area contributed by atoms with Crippen LogP contribution in [0.5, 0.6) is 0 Å². The van der Waals surface area contributed by atoms with Crippen molar-refractivity contribution >= 4 is 10.1 Å². The maximum absolute atomic E-state index is 10.6. The van der Waals surface area contributed by atoms with Gasteiger partial charge in [0, 0.05) is 0 Å². The monoisotopic (exact) mass is 208 g/mol. The molecule has 0 N–H and O–H groups in total. The van der Waals surface area contributed by atoms with Crippen molar-refractivity contribution in [2.75, 3.05) is 0 Å². The van der Waals surface area contributed by atoms with Crippen LogP contribution in [-0.2, 0) is 10.1 Å². The van der Waals surface area contributed by atoms with E-state index in [1.165, 1.54) is 6.92 Å². The molecule has 0 heterocycles. The van der Waals surface area contributed by atoms with Gasteiger partial charge in [0.05, 0.1) is 5.25 Å². The van der Waals surface area contributed by atoms with Crippen LogP contribution in [0.3, 0.4) is 0 Å². The van der Waals surface area contributed by atoms with E-state index in [-0.39, 0.29) is 29.6 Å². The Morgan fingerprint density at radius 1 is 1.23 bits per heavy atom. The average Bonchev–Trinajstić information content (AvgIpc) is 2.03. The molecule has 1 aromatic rings. The molecule has 66 valence electrons. The fourth-order valence-electron chi connectivity index (χ4n) is 0.891. The molecule has 0 saturated heterocycles. The van der Waals surface area contributed by atoms with Crippen LogP contribution in [0.25, 0.3) is 0 Å². The summed E-state index contributed by atoms with van der Waals surface area (Å²) in [5.41, 5.74) is 0.535. The minimum absolute atomic E-state index is 0. The summed E-state index contributed by atoms with van der Waals surface area (Å²) in [5.74, 6) is 0. The van der Waals surface area contributed by atoms with Gasteiger partial charge in [0.25, 0.3) is 0 Å². The van der Waals surface area contributed by atoms with E-state index in [0.29, 0.717) is 5.56 Å². The Hall–Kier alpha value is 0.130. The van der Waals surface area contributed by atoms with Crippen molar-refractivity contribution in [1.82, 2.24) is 0 Å². The van der Waals surface area contributed by atoms with Crippen molar-refractivity contribution in [2.45, 2.75) is 12.2 Å². The zero-order valence-electron chi connectivity index (χ0n) is 7.60. The molecule has 1 rings (SSSR count). The van der Waals surface area contributed by atoms with Crippen molar-refractivity contribution in [3.63, 3.8) is 0 Å². The number of rotatable bonds is 2. The molecule has 0 fully saturated rings. The van der Waals surface area contributed by atoms with Crippen LogP contribution in [0.1, 0.15) is 17.7 Å². The molecular formula is C8H9NaO3S. The number of hydrogen-bond donors (Lipinski definition) is 0. The summed E-state index contributed by atoms with van der Waals surface area (Å²) in [5, 5.41) is -0.960. The van der Waals surface area contributed by atoms with Crippen LogP contribution in [-0.4, -0.2) is 13.0 Å². The normalized spacial score (nSPS) is 13.1. The van der Waals surface area contributed by atoms with Crippen molar-refractivity contribution < 1.29 is 42.5 Å². The Morgan fingerprint density at radius 2 is 1.69 bits per heavy atom. The molecule has 0 aliphatic rings. The van der Waals surface area contributed by atoms with E-state index in [2.05, 4.69) is 0 Å². The average molecular weight is 208 g/mol. The van der Waals surface area contributed by atoms with Crippen LogP contribution in [0.15, 0.2) is 30.3 Å². The van der Waals surface area contributed by atoms with E-state index in [1.54, 1.807) is 30.3 Å². The molecule has 0 unspecified atom stereocenters. The smallest absolute Gasteiger partial charge is 0.747 e. The largest absolute Gasteiger partial charge is 1.00 e. The second kappa shape index (κ2) is 5.12. The van der Waals surface area contributed by atoms with Gasteiger partial charge in [-0.05, 0) is 12.5 Å². The Balaban J connectivity index is 0.00000144. The third-order valence-electron chi connectivity index (χ3n) is 1.70. The van der Waals surface area contributed by atoms with E-state index in [1.807, 2.05) is 0 Å². The fraction of sp³-hybridized carbons (Fsp3) is 0.250. The molecule has 1 aromatic carbocycles. The molecular weight excluding hydrogens is 199 g/mol. The van der Waals surface area contributed by atoms with E-state index >= 15 is 0 Å². The van der Waals surface area contributed by atoms with Gasteiger partial charge in [-0.1, -0.05) is 30.3 Å². The molecule has 0 radical (unpaired) electrons. The van der Waals surface area contributed by atoms with Crippen molar-refractivity contribution in [3.05, 3.63) is 35.9 Å². The van der Waals surface area contributed by atoms with Crippen molar-refractivity contribution in [2.24, 2.45) is 0 Å². The zero-order chi connectivity index (χ0) is 9.19. The maximum atomic E-state index is 10.6. The quantitative estimate of drug-likeness (QED) is 0.430. The van der Waals surface area contributed by atoms with Gasteiger partial charge in [0.1, 0.15) is 10.1 Å². The van der Waals surface area contributed by atoms with Crippen LogP contribution >= 0.6 is 0 Å². The summed E-state index contributed by atoms with van der Waals surface area (Å²) in [6, 6.07) is 8.43. The molecule has 0 amide bonds. The second-order valence-corrected chi connectivity index (χ2v) is 4.24. The first-order valence-electron chi connectivity index (χ1n) is 3.51. The number of hydrogen-bond acceptors (Lipinski definition) is 3. The Morgan fingerprint density at radius 3 is 2.08 bits per heavy atom. The fourth-order valence-corrected chi connectivity index (χ4v) is 1.38. The molecule has 0 aromatic heterocycles. The third kappa shape index (κ3) is 3.79. The second-order valence-electron chi connectivity index (χ2n) is 2.55. The van der Waals surface area contributed by atoms with Crippen LogP contribution in [0.2, 0.25) is 0 Å². The zero-order valence-corrected chi connectivity index (χ0v) is 10.4. The first-order chi connectivity index (χ1) is 5.52. The van der Waals surface area contributed by atoms with E-state index < -0.39 is 15.4 Å². The van der Waals surface area contributed by atoms with Gasteiger partial charge < -0.3 is 4.55 Å². The Labute approximate surface area is 100 Å². The standard InChI is InChI=1S/C8H10O3S.Na/c1-7(12(9,10)11)8-5-3-2-4-6-8;/h2-7H,1H3,(H,9,10,11);/q;+1/p-1/t7-;/m1./s1. The Kier molecular flexibility index (Phi) is 5.17. The molecule has 5 heteroatoms. The van der Waals surface area contributed by atoms with Gasteiger partial charge in [-0.3, -0.25) is 0 Å². The van der Waals surface area contributed by atoms with Crippen LogP contribution in [0, 0.1) is 0 Å². The van der Waals surface area contributed by atoms with E-state index in [9.17, 15) is 13.0 Å². The first-order valence-corrected chi connectivity index (χ1v) is 4.98. The van der Waals surface area contributed by atoms with Crippen molar-refractivity contribution in [3.8, 4) is 0 Å². The maximum Gasteiger partial charge on any atom is 1.00 e. The molecule has 3 nitrogen and oxygen atoms in total.